The molecule has 24 heavy (non-hydrogen) atoms. The first-order valence-electron chi connectivity index (χ1n) is 8.83. The molecule has 2 aliphatic carbocycles. The molecule has 0 aliphatic heterocycles. The molecule has 2 saturated carbocycles. The summed E-state index contributed by atoms with van der Waals surface area (Å²) < 4.78 is 2.35. The number of nitrogens with zero attached hydrogens (tertiary/aromatic N) is 3. The standard InChI is InChI=1S/C18H25N5.HI/c19-18(21-13-6-2-1-3-7-13)20-12-17-22-15-8-4-5-9-16(15)23(17)14-10-11-14;/h4-5,8-9,13-14H,1-3,6-7,10-12H2,(H3,19,20,21);1H. The summed E-state index contributed by atoms with van der Waals surface area (Å²) in [4.78, 5) is 9.32. The molecule has 130 valence electrons. The minimum atomic E-state index is 0. The number of para-hydroxylation sites is 2. The zero-order valence-corrected chi connectivity index (χ0v) is 16.3. The van der Waals surface area contributed by atoms with Crippen LogP contribution in [0.1, 0.15) is 56.8 Å². The quantitative estimate of drug-likeness (QED) is 0.434. The van der Waals surface area contributed by atoms with Crippen LogP contribution in [0.25, 0.3) is 11.0 Å². The van der Waals surface area contributed by atoms with Crippen LogP contribution in [0, 0.1) is 0 Å². The van der Waals surface area contributed by atoms with E-state index in [-0.39, 0.29) is 24.0 Å². The highest BCUT2D eigenvalue weighted by atomic mass is 127. The van der Waals surface area contributed by atoms with E-state index in [0.717, 1.165) is 11.3 Å². The van der Waals surface area contributed by atoms with Crippen molar-refractivity contribution in [2.75, 3.05) is 0 Å². The Morgan fingerprint density at radius 2 is 1.92 bits per heavy atom. The number of rotatable bonds is 4. The molecular formula is C18H26IN5. The number of imidazole rings is 1. The van der Waals surface area contributed by atoms with Crippen LogP contribution in [0.5, 0.6) is 0 Å². The molecular weight excluding hydrogens is 413 g/mol. The van der Waals surface area contributed by atoms with Crippen LogP contribution in [0.15, 0.2) is 29.3 Å². The van der Waals surface area contributed by atoms with Crippen molar-refractivity contribution in [1.82, 2.24) is 14.9 Å². The van der Waals surface area contributed by atoms with Crippen LogP contribution in [0.3, 0.4) is 0 Å². The molecule has 0 amide bonds. The van der Waals surface area contributed by atoms with Crippen LogP contribution in [0.4, 0.5) is 0 Å². The van der Waals surface area contributed by atoms with E-state index in [1.54, 1.807) is 0 Å². The van der Waals surface area contributed by atoms with Gasteiger partial charge in [-0.3, -0.25) is 0 Å². The summed E-state index contributed by atoms with van der Waals surface area (Å²) in [5, 5.41) is 3.38. The molecule has 0 saturated heterocycles. The number of hydrogen-bond donors (Lipinski definition) is 2. The number of nitrogens with one attached hydrogen (secondary N) is 1. The molecule has 1 heterocycles. The van der Waals surface area contributed by atoms with Gasteiger partial charge in [0.1, 0.15) is 12.4 Å². The fourth-order valence-corrected chi connectivity index (χ4v) is 3.60. The molecule has 2 fully saturated rings. The van der Waals surface area contributed by atoms with E-state index in [0.29, 0.717) is 24.6 Å². The van der Waals surface area contributed by atoms with Gasteiger partial charge in [0.2, 0.25) is 0 Å². The minimum Gasteiger partial charge on any atom is -0.370 e. The molecule has 0 bridgehead atoms. The lowest BCUT2D eigenvalue weighted by atomic mass is 9.96. The highest BCUT2D eigenvalue weighted by Crippen LogP contribution is 2.38. The van der Waals surface area contributed by atoms with E-state index in [4.69, 9.17) is 10.7 Å². The first kappa shape index (κ1) is 17.5. The maximum Gasteiger partial charge on any atom is 0.189 e. The summed E-state index contributed by atoms with van der Waals surface area (Å²) in [6.07, 6.45) is 8.83. The highest BCUT2D eigenvalue weighted by Gasteiger charge is 2.27. The predicted octanol–water partition coefficient (Wildman–Crippen LogP) is 3.73. The molecule has 4 rings (SSSR count). The minimum absolute atomic E-state index is 0. The van der Waals surface area contributed by atoms with Crippen molar-refractivity contribution < 1.29 is 0 Å². The second-order valence-electron chi connectivity index (χ2n) is 6.80. The number of guanidine groups is 1. The van der Waals surface area contributed by atoms with E-state index >= 15 is 0 Å². The SMILES string of the molecule is I.NC(=NCc1nc2ccccc2n1C1CC1)NC1CCCCC1. The van der Waals surface area contributed by atoms with Gasteiger partial charge in [0.25, 0.3) is 0 Å². The molecule has 2 aromatic rings. The Morgan fingerprint density at radius 3 is 2.67 bits per heavy atom. The largest absolute Gasteiger partial charge is 0.370 e. The van der Waals surface area contributed by atoms with Gasteiger partial charge in [-0.05, 0) is 37.8 Å². The molecule has 2 aliphatic rings. The number of hydrogen-bond acceptors (Lipinski definition) is 2. The van der Waals surface area contributed by atoms with Crippen molar-refractivity contribution in [1.29, 1.82) is 0 Å². The lowest BCUT2D eigenvalue weighted by Gasteiger charge is -2.23. The van der Waals surface area contributed by atoms with Gasteiger partial charge in [0, 0.05) is 12.1 Å². The molecule has 0 spiro atoms. The Morgan fingerprint density at radius 1 is 1.17 bits per heavy atom. The van der Waals surface area contributed by atoms with Gasteiger partial charge < -0.3 is 15.6 Å². The van der Waals surface area contributed by atoms with Gasteiger partial charge in [-0.15, -0.1) is 24.0 Å². The van der Waals surface area contributed by atoms with Crippen LogP contribution in [0.2, 0.25) is 0 Å². The maximum atomic E-state index is 6.09. The second kappa shape index (κ2) is 7.72. The van der Waals surface area contributed by atoms with Gasteiger partial charge in [0.15, 0.2) is 5.96 Å². The summed E-state index contributed by atoms with van der Waals surface area (Å²) in [5.41, 5.74) is 8.37. The summed E-state index contributed by atoms with van der Waals surface area (Å²) in [5.74, 6) is 1.59. The summed E-state index contributed by atoms with van der Waals surface area (Å²) >= 11 is 0. The predicted molar refractivity (Wildman–Crippen MR) is 109 cm³/mol. The third kappa shape index (κ3) is 3.84. The fourth-order valence-electron chi connectivity index (χ4n) is 3.60. The molecule has 0 atom stereocenters. The second-order valence-corrected chi connectivity index (χ2v) is 6.80. The Bertz CT molecular complexity index is 713. The van der Waals surface area contributed by atoms with Crippen LogP contribution in [-0.4, -0.2) is 21.6 Å². The Hall–Kier alpha value is -1.31. The Balaban J connectivity index is 0.00000169. The number of fused-ring (bicyclic) bond motifs is 1. The summed E-state index contributed by atoms with van der Waals surface area (Å²) in [7, 11) is 0. The fraction of sp³-hybridized carbons (Fsp3) is 0.556. The van der Waals surface area contributed by atoms with Crippen molar-refractivity contribution in [3.05, 3.63) is 30.1 Å². The van der Waals surface area contributed by atoms with Crippen molar-refractivity contribution in [3.63, 3.8) is 0 Å². The van der Waals surface area contributed by atoms with Gasteiger partial charge in [-0.25, -0.2) is 9.98 Å². The highest BCUT2D eigenvalue weighted by molar-refractivity contribution is 14.0. The van der Waals surface area contributed by atoms with E-state index < -0.39 is 0 Å². The van der Waals surface area contributed by atoms with Crippen molar-refractivity contribution in [2.24, 2.45) is 10.7 Å². The number of nitrogens with two attached hydrogens (primary N) is 1. The van der Waals surface area contributed by atoms with Crippen molar-refractivity contribution in [3.8, 4) is 0 Å². The third-order valence-corrected chi connectivity index (χ3v) is 4.93. The molecule has 1 aromatic heterocycles. The topological polar surface area (TPSA) is 68.2 Å². The molecule has 0 radical (unpaired) electrons. The Kier molecular flexibility index (Phi) is 5.63. The van der Waals surface area contributed by atoms with E-state index in [1.807, 2.05) is 6.07 Å². The first-order chi connectivity index (χ1) is 11.3. The number of halogens is 1. The van der Waals surface area contributed by atoms with Crippen LogP contribution in [-0.2, 0) is 6.54 Å². The number of benzene rings is 1. The van der Waals surface area contributed by atoms with Crippen molar-refractivity contribution in [2.45, 2.75) is 63.6 Å². The lowest BCUT2D eigenvalue weighted by Crippen LogP contribution is -2.41. The normalized spacial score (nSPS) is 19.2. The zero-order chi connectivity index (χ0) is 15.6. The van der Waals surface area contributed by atoms with Gasteiger partial charge in [0.05, 0.1) is 11.0 Å². The Labute approximate surface area is 160 Å². The average molecular weight is 439 g/mol. The van der Waals surface area contributed by atoms with Gasteiger partial charge in [-0.1, -0.05) is 31.4 Å². The monoisotopic (exact) mass is 439 g/mol. The average Bonchev–Trinajstić information content (AvgIpc) is 3.34. The smallest absolute Gasteiger partial charge is 0.189 e. The van der Waals surface area contributed by atoms with Crippen LogP contribution < -0.4 is 11.1 Å². The molecule has 0 unspecified atom stereocenters. The molecule has 1 aromatic carbocycles. The number of aromatic nitrogens is 2. The molecule has 5 nitrogen and oxygen atoms in total. The van der Waals surface area contributed by atoms with Gasteiger partial charge in [-0.2, -0.15) is 0 Å². The van der Waals surface area contributed by atoms with Crippen LogP contribution >= 0.6 is 24.0 Å². The zero-order valence-electron chi connectivity index (χ0n) is 13.9. The molecule has 3 N–H and O–H groups in total. The molecule has 6 heteroatoms. The van der Waals surface area contributed by atoms with E-state index in [2.05, 4.69) is 33.1 Å². The first-order valence-corrected chi connectivity index (χ1v) is 8.83. The van der Waals surface area contributed by atoms with Gasteiger partial charge >= 0.3 is 0 Å². The lowest BCUT2D eigenvalue weighted by molar-refractivity contribution is 0.412. The third-order valence-electron chi connectivity index (χ3n) is 4.93. The maximum absolute atomic E-state index is 6.09. The summed E-state index contributed by atoms with van der Waals surface area (Å²) in [6.45, 7) is 0.552. The summed E-state index contributed by atoms with van der Waals surface area (Å²) in [6, 6.07) is 9.44. The van der Waals surface area contributed by atoms with Crippen molar-refractivity contribution >= 4 is 41.0 Å². The van der Waals surface area contributed by atoms with E-state index in [1.165, 1.54) is 50.5 Å². The van der Waals surface area contributed by atoms with E-state index in [9.17, 15) is 0 Å². The number of aliphatic imine (C=N–C) groups is 1.